The zero-order chi connectivity index (χ0) is 11.7. The summed E-state index contributed by atoms with van der Waals surface area (Å²) in [6.45, 7) is 0. The van der Waals surface area contributed by atoms with Gasteiger partial charge in [-0.15, -0.1) is 0 Å². The van der Waals surface area contributed by atoms with Crippen LogP contribution in [0, 0.1) is 5.82 Å². The SMILES string of the molecule is Nc1cc(-c2ccccc2)c(N)c(N)c1F. The molecule has 0 aliphatic heterocycles. The molecule has 16 heavy (non-hydrogen) atoms. The molecule has 6 N–H and O–H groups in total. The highest BCUT2D eigenvalue weighted by molar-refractivity contribution is 5.87. The van der Waals surface area contributed by atoms with Crippen LogP contribution in [0.4, 0.5) is 21.5 Å². The number of anilines is 3. The summed E-state index contributed by atoms with van der Waals surface area (Å²) in [5, 5.41) is 0. The van der Waals surface area contributed by atoms with Gasteiger partial charge in [-0.1, -0.05) is 30.3 Å². The van der Waals surface area contributed by atoms with Crippen LogP contribution < -0.4 is 17.2 Å². The van der Waals surface area contributed by atoms with Crippen LogP contribution in [0.1, 0.15) is 0 Å². The van der Waals surface area contributed by atoms with E-state index in [0.717, 1.165) is 5.56 Å². The molecule has 0 aromatic heterocycles. The van der Waals surface area contributed by atoms with Gasteiger partial charge < -0.3 is 17.2 Å². The maximum absolute atomic E-state index is 13.4. The van der Waals surface area contributed by atoms with E-state index >= 15 is 0 Å². The molecule has 0 amide bonds. The van der Waals surface area contributed by atoms with Crippen LogP contribution in [-0.4, -0.2) is 0 Å². The molecule has 4 heteroatoms. The van der Waals surface area contributed by atoms with Gasteiger partial charge in [0.2, 0.25) is 0 Å². The number of halogens is 1. The van der Waals surface area contributed by atoms with Crippen molar-refractivity contribution in [1.29, 1.82) is 0 Å². The Bertz CT molecular complexity index is 524. The normalized spacial score (nSPS) is 10.3. The fourth-order valence-corrected chi connectivity index (χ4v) is 1.57. The van der Waals surface area contributed by atoms with Crippen molar-refractivity contribution in [2.75, 3.05) is 17.2 Å². The Labute approximate surface area is 92.7 Å². The third kappa shape index (κ3) is 1.54. The minimum atomic E-state index is -0.655. The third-order valence-corrected chi connectivity index (χ3v) is 2.45. The van der Waals surface area contributed by atoms with Gasteiger partial charge in [-0.25, -0.2) is 4.39 Å². The minimum absolute atomic E-state index is 0.00514. The van der Waals surface area contributed by atoms with Crippen LogP contribution >= 0.6 is 0 Å². The summed E-state index contributed by atoms with van der Waals surface area (Å²) in [4.78, 5) is 0. The number of benzene rings is 2. The monoisotopic (exact) mass is 217 g/mol. The number of nitrogens with two attached hydrogens (primary N) is 3. The van der Waals surface area contributed by atoms with Crippen molar-refractivity contribution >= 4 is 17.1 Å². The van der Waals surface area contributed by atoms with Crippen LogP contribution in [0.3, 0.4) is 0 Å². The van der Waals surface area contributed by atoms with Gasteiger partial charge in [-0.3, -0.25) is 0 Å². The molecule has 0 aliphatic rings. The number of hydrogen-bond donors (Lipinski definition) is 3. The summed E-state index contributed by atoms with van der Waals surface area (Å²) in [6.07, 6.45) is 0. The molecule has 0 aliphatic carbocycles. The summed E-state index contributed by atoms with van der Waals surface area (Å²) in [7, 11) is 0. The standard InChI is InChI=1S/C12H12FN3/c13-10-9(14)6-8(11(15)12(10)16)7-4-2-1-3-5-7/h1-6H,14-16H2. The van der Waals surface area contributed by atoms with Crippen LogP contribution in [0.25, 0.3) is 11.1 Å². The molecule has 0 fully saturated rings. The molecule has 2 aromatic rings. The highest BCUT2D eigenvalue weighted by Gasteiger charge is 2.12. The van der Waals surface area contributed by atoms with Gasteiger partial charge in [0, 0.05) is 5.56 Å². The Morgan fingerprint density at radius 2 is 1.50 bits per heavy atom. The van der Waals surface area contributed by atoms with Crippen LogP contribution in [0.5, 0.6) is 0 Å². The fourth-order valence-electron chi connectivity index (χ4n) is 1.57. The second kappa shape index (κ2) is 3.73. The number of rotatable bonds is 1. The molecule has 0 spiro atoms. The van der Waals surface area contributed by atoms with Crippen molar-refractivity contribution in [1.82, 2.24) is 0 Å². The minimum Gasteiger partial charge on any atom is -0.396 e. The van der Waals surface area contributed by atoms with Gasteiger partial charge in [0.15, 0.2) is 5.82 Å². The number of hydrogen-bond acceptors (Lipinski definition) is 3. The average Bonchev–Trinajstić information content (AvgIpc) is 2.32. The quantitative estimate of drug-likeness (QED) is 0.641. The van der Waals surface area contributed by atoms with Gasteiger partial charge in [0.05, 0.1) is 17.1 Å². The second-order valence-electron chi connectivity index (χ2n) is 3.52. The molecule has 2 aromatic carbocycles. The van der Waals surface area contributed by atoms with E-state index in [1.54, 1.807) is 0 Å². The fraction of sp³-hybridized carbons (Fsp3) is 0. The van der Waals surface area contributed by atoms with Crippen molar-refractivity contribution in [3.8, 4) is 11.1 Å². The lowest BCUT2D eigenvalue weighted by Crippen LogP contribution is -2.04. The zero-order valence-electron chi connectivity index (χ0n) is 8.57. The van der Waals surface area contributed by atoms with E-state index in [0.29, 0.717) is 5.56 Å². The van der Waals surface area contributed by atoms with Gasteiger partial charge in [0.25, 0.3) is 0 Å². The molecule has 0 radical (unpaired) electrons. The van der Waals surface area contributed by atoms with Crippen molar-refractivity contribution in [2.24, 2.45) is 0 Å². The molecular formula is C12H12FN3. The molecule has 0 saturated heterocycles. The van der Waals surface area contributed by atoms with Crippen LogP contribution in [-0.2, 0) is 0 Å². The first kappa shape index (κ1) is 10.3. The maximum Gasteiger partial charge on any atom is 0.171 e. The van der Waals surface area contributed by atoms with Crippen molar-refractivity contribution in [3.63, 3.8) is 0 Å². The summed E-state index contributed by atoms with van der Waals surface area (Å²) in [6, 6.07) is 10.8. The Morgan fingerprint density at radius 1 is 0.875 bits per heavy atom. The zero-order valence-corrected chi connectivity index (χ0v) is 8.57. The first-order valence-electron chi connectivity index (χ1n) is 4.79. The highest BCUT2D eigenvalue weighted by atomic mass is 19.1. The average molecular weight is 217 g/mol. The molecule has 0 saturated carbocycles. The van der Waals surface area contributed by atoms with Crippen LogP contribution in [0.15, 0.2) is 36.4 Å². The second-order valence-corrected chi connectivity index (χ2v) is 3.52. The lowest BCUT2D eigenvalue weighted by atomic mass is 10.0. The lowest BCUT2D eigenvalue weighted by Gasteiger charge is -2.11. The maximum atomic E-state index is 13.4. The number of nitrogen functional groups attached to an aromatic ring is 3. The van der Waals surface area contributed by atoms with Crippen molar-refractivity contribution in [2.45, 2.75) is 0 Å². The van der Waals surface area contributed by atoms with E-state index in [9.17, 15) is 4.39 Å². The predicted octanol–water partition coefficient (Wildman–Crippen LogP) is 2.24. The first-order chi connectivity index (χ1) is 7.61. The topological polar surface area (TPSA) is 78.1 Å². The summed E-state index contributed by atoms with van der Waals surface area (Å²) < 4.78 is 13.4. The lowest BCUT2D eigenvalue weighted by molar-refractivity contribution is 0.638. The van der Waals surface area contributed by atoms with Crippen molar-refractivity contribution < 1.29 is 4.39 Å². The van der Waals surface area contributed by atoms with E-state index in [1.807, 2.05) is 30.3 Å². The van der Waals surface area contributed by atoms with Crippen LogP contribution in [0.2, 0.25) is 0 Å². The molecule has 0 heterocycles. The van der Waals surface area contributed by atoms with E-state index in [1.165, 1.54) is 6.07 Å². The Hall–Kier alpha value is -2.23. The Morgan fingerprint density at radius 3 is 2.12 bits per heavy atom. The van der Waals surface area contributed by atoms with Gasteiger partial charge >= 0.3 is 0 Å². The Kier molecular flexibility index (Phi) is 2.40. The summed E-state index contributed by atoms with van der Waals surface area (Å²) in [5.74, 6) is -0.655. The highest BCUT2D eigenvalue weighted by Crippen LogP contribution is 2.35. The Balaban J connectivity index is 2.68. The van der Waals surface area contributed by atoms with E-state index < -0.39 is 5.82 Å². The molecule has 2 rings (SSSR count). The first-order valence-corrected chi connectivity index (χ1v) is 4.79. The summed E-state index contributed by atoms with van der Waals surface area (Å²) in [5.41, 5.74) is 18.5. The largest absolute Gasteiger partial charge is 0.396 e. The molecule has 0 bridgehead atoms. The molecule has 0 unspecified atom stereocenters. The smallest absolute Gasteiger partial charge is 0.171 e. The molecule has 82 valence electrons. The van der Waals surface area contributed by atoms with E-state index in [2.05, 4.69) is 0 Å². The van der Waals surface area contributed by atoms with Crippen molar-refractivity contribution in [3.05, 3.63) is 42.2 Å². The van der Waals surface area contributed by atoms with Gasteiger partial charge in [-0.2, -0.15) is 0 Å². The molecular weight excluding hydrogens is 205 g/mol. The molecule has 3 nitrogen and oxygen atoms in total. The van der Waals surface area contributed by atoms with E-state index in [4.69, 9.17) is 17.2 Å². The summed E-state index contributed by atoms with van der Waals surface area (Å²) >= 11 is 0. The third-order valence-electron chi connectivity index (χ3n) is 2.45. The van der Waals surface area contributed by atoms with Gasteiger partial charge in [0.1, 0.15) is 0 Å². The van der Waals surface area contributed by atoms with Gasteiger partial charge in [-0.05, 0) is 11.6 Å². The predicted molar refractivity (Wildman–Crippen MR) is 65.1 cm³/mol. The van der Waals surface area contributed by atoms with E-state index in [-0.39, 0.29) is 17.1 Å². The molecule has 0 atom stereocenters.